The zero-order valence-corrected chi connectivity index (χ0v) is 10.8. The van der Waals surface area contributed by atoms with Crippen LogP contribution in [0.5, 0.6) is 0 Å². The maximum atomic E-state index is 11.8. The van der Waals surface area contributed by atoms with Crippen LogP contribution >= 0.6 is 11.3 Å². The lowest BCUT2D eigenvalue weighted by atomic mass is 10.4. The number of aryl methyl sites for hydroxylation is 1. The molecule has 0 bridgehead atoms. The van der Waals surface area contributed by atoms with Gasteiger partial charge in [-0.05, 0) is 19.1 Å². The van der Waals surface area contributed by atoms with Crippen molar-refractivity contribution in [3.05, 3.63) is 29.2 Å². The van der Waals surface area contributed by atoms with Gasteiger partial charge in [-0.2, -0.15) is 5.10 Å². The predicted octanol–water partition coefficient (Wildman–Crippen LogP) is 0.696. The van der Waals surface area contributed by atoms with Crippen LogP contribution in [-0.4, -0.2) is 30.1 Å². The van der Waals surface area contributed by atoms with Crippen LogP contribution in [0.3, 0.4) is 0 Å². The molecule has 0 aliphatic heterocycles. The second-order valence-corrected chi connectivity index (χ2v) is 6.73. The monoisotopic (exact) mass is 272 g/mol. The largest absolute Gasteiger partial charge is 0.263 e. The SMILES string of the molecule is Cc1ccc(S(=O)(=O)NCCc2ncn[nH]2)s1. The highest BCUT2D eigenvalue weighted by atomic mass is 32.2. The second-order valence-electron chi connectivity index (χ2n) is 3.45. The Bertz CT molecular complexity index is 574. The fourth-order valence-electron chi connectivity index (χ4n) is 1.28. The van der Waals surface area contributed by atoms with Crippen molar-refractivity contribution in [3.63, 3.8) is 0 Å². The standard InChI is InChI=1S/C9H12N4O2S2/c1-7-2-3-9(16-7)17(14,15)12-5-4-8-10-6-11-13-8/h2-3,6,12H,4-5H2,1H3,(H,10,11,13). The van der Waals surface area contributed by atoms with E-state index in [1.807, 2.05) is 6.92 Å². The number of rotatable bonds is 5. The molecule has 17 heavy (non-hydrogen) atoms. The van der Waals surface area contributed by atoms with Gasteiger partial charge in [0.15, 0.2) is 0 Å². The molecular formula is C9H12N4O2S2. The molecule has 0 radical (unpaired) electrons. The Morgan fingerprint density at radius 2 is 2.29 bits per heavy atom. The van der Waals surface area contributed by atoms with Gasteiger partial charge in [0.05, 0.1) is 0 Å². The number of thiophene rings is 1. The summed E-state index contributed by atoms with van der Waals surface area (Å²) in [5.41, 5.74) is 0. The smallest absolute Gasteiger partial charge is 0.250 e. The number of hydrogen-bond donors (Lipinski definition) is 2. The van der Waals surface area contributed by atoms with Gasteiger partial charge in [-0.25, -0.2) is 18.1 Å². The first kappa shape index (κ1) is 12.2. The highest BCUT2D eigenvalue weighted by Crippen LogP contribution is 2.19. The molecule has 0 amide bonds. The lowest BCUT2D eigenvalue weighted by Crippen LogP contribution is -2.25. The summed E-state index contributed by atoms with van der Waals surface area (Å²) < 4.78 is 26.5. The Morgan fingerprint density at radius 3 is 2.88 bits per heavy atom. The van der Waals surface area contributed by atoms with E-state index in [1.54, 1.807) is 12.1 Å². The molecule has 0 saturated heterocycles. The van der Waals surface area contributed by atoms with Gasteiger partial charge in [0, 0.05) is 17.8 Å². The van der Waals surface area contributed by atoms with E-state index < -0.39 is 10.0 Å². The van der Waals surface area contributed by atoms with E-state index >= 15 is 0 Å². The zero-order chi connectivity index (χ0) is 12.3. The highest BCUT2D eigenvalue weighted by Gasteiger charge is 2.15. The first-order valence-electron chi connectivity index (χ1n) is 4.98. The van der Waals surface area contributed by atoms with Crippen molar-refractivity contribution in [3.8, 4) is 0 Å². The minimum absolute atomic E-state index is 0.300. The molecule has 0 fully saturated rings. The van der Waals surface area contributed by atoms with Gasteiger partial charge < -0.3 is 0 Å². The molecule has 2 aromatic rings. The van der Waals surface area contributed by atoms with Crippen LogP contribution in [0.1, 0.15) is 10.7 Å². The molecule has 2 aromatic heterocycles. The van der Waals surface area contributed by atoms with Crippen LogP contribution in [0.15, 0.2) is 22.7 Å². The summed E-state index contributed by atoms with van der Waals surface area (Å²) in [4.78, 5) is 4.89. The average molecular weight is 272 g/mol. The number of H-pyrrole nitrogens is 1. The summed E-state index contributed by atoms with van der Waals surface area (Å²) >= 11 is 1.26. The Morgan fingerprint density at radius 1 is 1.47 bits per heavy atom. The lowest BCUT2D eigenvalue weighted by molar-refractivity contribution is 0.583. The van der Waals surface area contributed by atoms with Crippen molar-refractivity contribution in [2.24, 2.45) is 0 Å². The molecule has 8 heteroatoms. The molecule has 2 rings (SSSR count). The fourth-order valence-corrected chi connectivity index (χ4v) is 3.64. The first-order chi connectivity index (χ1) is 8.08. The van der Waals surface area contributed by atoms with Gasteiger partial charge >= 0.3 is 0 Å². The van der Waals surface area contributed by atoms with Crippen LogP contribution in [0.4, 0.5) is 0 Å². The van der Waals surface area contributed by atoms with Gasteiger partial charge in [-0.3, -0.25) is 5.10 Å². The molecule has 0 atom stereocenters. The van der Waals surface area contributed by atoms with Gasteiger partial charge in [-0.15, -0.1) is 11.3 Å². The van der Waals surface area contributed by atoms with Gasteiger partial charge in [0.2, 0.25) is 10.0 Å². The van der Waals surface area contributed by atoms with E-state index in [0.717, 1.165) is 4.88 Å². The predicted molar refractivity (Wildman–Crippen MR) is 64.3 cm³/mol. The van der Waals surface area contributed by atoms with Gasteiger partial charge in [0.1, 0.15) is 16.4 Å². The van der Waals surface area contributed by atoms with Crippen LogP contribution < -0.4 is 4.72 Å². The highest BCUT2D eigenvalue weighted by molar-refractivity contribution is 7.91. The lowest BCUT2D eigenvalue weighted by Gasteiger charge is -2.02. The molecular weight excluding hydrogens is 260 g/mol. The molecule has 0 spiro atoms. The van der Waals surface area contributed by atoms with E-state index in [0.29, 0.717) is 23.0 Å². The van der Waals surface area contributed by atoms with E-state index in [4.69, 9.17) is 0 Å². The van der Waals surface area contributed by atoms with Crippen molar-refractivity contribution in [2.45, 2.75) is 17.6 Å². The zero-order valence-electron chi connectivity index (χ0n) is 9.17. The van der Waals surface area contributed by atoms with Crippen LogP contribution in [0.2, 0.25) is 0 Å². The third kappa shape index (κ3) is 3.11. The van der Waals surface area contributed by atoms with Gasteiger partial charge in [0.25, 0.3) is 0 Å². The third-order valence-electron chi connectivity index (χ3n) is 2.10. The minimum atomic E-state index is -3.39. The fraction of sp³-hybridized carbons (Fsp3) is 0.333. The third-order valence-corrected chi connectivity index (χ3v) is 5.05. The Kier molecular flexibility index (Phi) is 3.55. The Balaban J connectivity index is 1.94. The second kappa shape index (κ2) is 4.94. The Labute approximate surface area is 103 Å². The van der Waals surface area contributed by atoms with E-state index in [9.17, 15) is 8.42 Å². The first-order valence-corrected chi connectivity index (χ1v) is 7.28. The molecule has 0 unspecified atom stereocenters. The molecule has 0 aliphatic carbocycles. The summed E-state index contributed by atoms with van der Waals surface area (Å²) in [5.74, 6) is 0.662. The maximum absolute atomic E-state index is 11.8. The number of nitrogens with zero attached hydrogens (tertiary/aromatic N) is 2. The summed E-state index contributed by atoms with van der Waals surface area (Å²) in [6, 6.07) is 3.40. The number of hydrogen-bond acceptors (Lipinski definition) is 5. The number of sulfonamides is 1. The molecule has 0 saturated carbocycles. The van der Waals surface area contributed by atoms with Crippen molar-refractivity contribution in [1.29, 1.82) is 0 Å². The summed E-state index contributed by atoms with van der Waals surface area (Å²) in [6.45, 7) is 2.17. The van der Waals surface area contributed by atoms with E-state index in [1.165, 1.54) is 17.7 Å². The summed E-state index contributed by atoms with van der Waals surface area (Å²) in [7, 11) is -3.39. The number of aromatic nitrogens is 3. The van der Waals surface area contributed by atoms with Crippen molar-refractivity contribution in [1.82, 2.24) is 19.9 Å². The summed E-state index contributed by atoms with van der Waals surface area (Å²) in [6.07, 6.45) is 1.88. The molecule has 2 N–H and O–H groups in total. The van der Waals surface area contributed by atoms with Gasteiger partial charge in [-0.1, -0.05) is 0 Å². The maximum Gasteiger partial charge on any atom is 0.250 e. The summed E-state index contributed by atoms with van der Waals surface area (Å²) in [5, 5.41) is 6.36. The molecule has 0 aromatic carbocycles. The van der Waals surface area contributed by atoms with Crippen LogP contribution in [-0.2, 0) is 16.4 Å². The topological polar surface area (TPSA) is 87.7 Å². The number of aromatic amines is 1. The van der Waals surface area contributed by atoms with Crippen LogP contribution in [0.25, 0.3) is 0 Å². The number of nitrogens with one attached hydrogen (secondary N) is 2. The quantitative estimate of drug-likeness (QED) is 0.838. The average Bonchev–Trinajstić information content (AvgIpc) is 2.89. The minimum Gasteiger partial charge on any atom is -0.263 e. The molecule has 92 valence electrons. The van der Waals surface area contributed by atoms with E-state index in [2.05, 4.69) is 19.9 Å². The van der Waals surface area contributed by atoms with Crippen molar-refractivity contribution < 1.29 is 8.42 Å². The van der Waals surface area contributed by atoms with E-state index in [-0.39, 0.29) is 0 Å². The van der Waals surface area contributed by atoms with Crippen molar-refractivity contribution >= 4 is 21.4 Å². The molecule has 6 nitrogen and oxygen atoms in total. The molecule has 0 aliphatic rings. The van der Waals surface area contributed by atoms with Crippen LogP contribution in [0, 0.1) is 6.92 Å². The Hall–Kier alpha value is -1.25. The molecule has 2 heterocycles. The normalized spacial score (nSPS) is 11.8. The van der Waals surface area contributed by atoms with Crippen molar-refractivity contribution in [2.75, 3.05) is 6.54 Å².